The Kier molecular flexibility index (Phi) is 14.6. The van der Waals surface area contributed by atoms with Gasteiger partial charge in [-0.3, -0.25) is 0 Å². The van der Waals surface area contributed by atoms with Crippen LogP contribution < -0.4 is 9.80 Å². The second-order valence-corrected chi connectivity index (χ2v) is 28.7. The summed E-state index contributed by atoms with van der Waals surface area (Å²) in [5, 5.41) is 7.05. The fourth-order valence-corrected chi connectivity index (χ4v) is 13.1. The molecule has 2 nitrogen and oxygen atoms in total. The first-order valence-electron chi connectivity index (χ1n) is 29.5. The van der Waals surface area contributed by atoms with Gasteiger partial charge in [0.15, 0.2) is 0 Å². The number of rotatable bonds is 10. The maximum Gasteiger partial charge on any atom is 0.0551 e. The molecule has 0 radical (unpaired) electrons. The highest BCUT2D eigenvalue weighted by atomic mass is 79.9. The van der Waals surface area contributed by atoms with Crippen molar-refractivity contribution in [3.63, 3.8) is 0 Å². The lowest BCUT2D eigenvalue weighted by atomic mass is 9.86. The minimum Gasteiger partial charge on any atom is -0.310 e. The average Bonchev–Trinajstić information content (AvgIpc) is 0.889. The molecule has 4 heteroatoms. The molecule has 0 aliphatic heterocycles. The first-order valence-corrected chi connectivity index (χ1v) is 31.1. The lowest BCUT2D eigenvalue weighted by molar-refractivity contribution is 0.590. The zero-order chi connectivity index (χ0) is 59.0. The van der Waals surface area contributed by atoms with Crippen LogP contribution in [0.1, 0.15) is 105 Å². The molecule has 84 heavy (non-hydrogen) atoms. The molecule has 0 aliphatic rings. The van der Waals surface area contributed by atoms with Crippen molar-refractivity contribution in [1.82, 2.24) is 0 Å². The molecule has 0 bridgehead atoms. The molecule has 12 aromatic rings. The molecule has 0 aliphatic carbocycles. The summed E-state index contributed by atoms with van der Waals surface area (Å²) >= 11 is 8.40. The summed E-state index contributed by atoms with van der Waals surface area (Å²) in [4.78, 5) is 4.88. The van der Waals surface area contributed by atoms with Gasteiger partial charge >= 0.3 is 0 Å². The summed E-state index contributed by atoms with van der Waals surface area (Å²) < 4.78 is 2.07. The molecule has 0 unspecified atom stereocenters. The van der Waals surface area contributed by atoms with Crippen LogP contribution in [0.3, 0.4) is 0 Å². The van der Waals surface area contributed by atoms with Crippen LogP contribution in [0.2, 0.25) is 0 Å². The van der Waals surface area contributed by atoms with Crippen LogP contribution in [-0.2, 0) is 21.7 Å². The van der Waals surface area contributed by atoms with Crippen LogP contribution in [0.5, 0.6) is 0 Å². The van der Waals surface area contributed by atoms with Crippen molar-refractivity contribution in [3.8, 4) is 44.5 Å². The smallest absolute Gasteiger partial charge is 0.0551 e. The van der Waals surface area contributed by atoms with E-state index in [2.05, 4.69) is 355 Å². The van der Waals surface area contributed by atoms with Crippen LogP contribution in [0.25, 0.3) is 76.8 Å². The molecule has 12 aromatic carbocycles. The Morgan fingerprint density at radius 2 is 0.405 bits per heavy atom. The summed E-state index contributed by atoms with van der Waals surface area (Å²) in [5.74, 6) is 0. The van der Waals surface area contributed by atoms with Crippen LogP contribution >= 0.6 is 31.9 Å². The van der Waals surface area contributed by atoms with Gasteiger partial charge in [0.05, 0.1) is 11.4 Å². The number of halogens is 2. The van der Waals surface area contributed by atoms with Gasteiger partial charge < -0.3 is 9.80 Å². The average molecular weight is 1220 g/mol. The van der Waals surface area contributed by atoms with Crippen LogP contribution in [0, 0.1) is 0 Å². The second-order valence-electron chi connectivity index (χ2n) is 27.0. The molecule has 12 rings (SSSR count). The predicted molar refractivity (Wildman–Crippen MR) is 371 cm³/mol. The number of hydrogen-bond donors (Lipinski definition) is 0. The molecule has 0 saturated heterocycles. The van der Waals surface area contributed by atoms with E-state index in [1.807, 2.05) is 0 Å². The topological polar surface area (TPSA) is 6.48 Å². The summed E-state index contributed by atoms with van der Waals surface area (Å²) in [6.45, 7) is 27.2. The minimum absolute atomic E-state index is 0.0827. The first kappa shape index (κ1) is 56.7. The van der Waals surface area contributed by atoms with Gasteiger partial charge in [-0.15, -0.1) is 0 Å². The quantitative estimate of drug-likeness (QED) is 0.126. The highest BCUT2D eigenvalue weighted by Crippen LogP contribution is 2.52. The van der Waals surface area contributed by atoms with Gasteiger partial charge in [0.1, 0.15) is 0 Å². The van der Waals surface area contributed by atoms with Crippen LogP contribution in [-0.4, -0.2) is 0 Å². The van der Waals surface area contributed by atoms with E-state index in [4.69, 9.17) is 0 Å². The van der Waals surface area contributed by atoms with E-state index in [1.165, 1.54) is 77.5 Å². The van der Waals surface area contributed by atoms with Crippen molar-refractivity contribution >= 4 is 98.3 Å². The van der Waals surface area contributed by atoms with E-state index in [-0.39, 0.29) is 21.7 Å². The monoisotopic (exact) mass is 1220 g/mol. The van der Waals surface area contributed by atoms with Gasteiger partial charge in [-0.1, -0.05) is 285 Å². The van der Waals surface area contributed by atoms with Crippen molar-refractivity contribution in [3.05, 3.63) is 262 Å². The zero-order valence-electron chi connectivity index (χ0n) is 50.6. The number of benzene rings is 12. The Morgan fingerprint density at radius 1 is 0.226 bits per heavy atom. The molecule has 0 saturated carbocycles. The molecule has 418 valence electrons. The highest BCUT2D eigenvalue weighted by molar-refractivity contribution is 9.11. The van der Waals surface area contributed by atoms with Gasteiger partial charge in [-0.2, -0.15) is 0 Å². The van der Waals surface area contributed by atoms with Gasteiger partial charge in [-0.05, 0) is 160 Å². The van der Waals surface area contributed by atoms with E-state index >= 15 is 0 Å². The number of hydrogen-bond acceptors (Lipinski definition) is 2. The SMILES string of the molecule is CC(C)(C)c1ccc(-c2ccc(N(c3ccc(-c4ccc(C(C)(C)C)cc4)cc3)c3cc(Br)c4ccc5c(N(c6ccc(-c7ccc(C(C)(C)C)cc7)cc6)c6ccc(-c7ccc(C(C)(C)C)cc7)cc6)cc(Br)c6ccc3c4c65)cc2)cc1. The standard InChI is InChI=1S/C80H74Br2N2/c1-77(2,3)59-29-13-51(14-30-59)55-21-37-63(38-22-55)83(64-39-23-56(24-40-64)52-15-31-60(32-16-52)78(4,5)6)73-49-71(81)67-46-48-70-74(50-72(82)68-45-47-69(73)75(67)76(68)70)84(65-41-25-57(26-42-65)53-17-33-61(34-18-53)79(7,8)9)66-43-27-58(28-44-66)54-19-35-62(36-20-54)80(10,11)12/h13-50H,1-12H3. The van der Waals surface area contributed by atoms with Crippen molar-refractivity contribution in [1.29, 1.82) is 0 Å². The Balaban J connectivity index is 1.02. The van der Waals surface area contributed by atoms with Crippen LogP contribution in [0.4, 0.5) is 34.1 Å². The Hall–Kier alpha value is -7.76. The normalized spacial score (nSPS) is 12.4. The van der Waals surface area contributed by atoms with Gasteiger partial charge in [-0.25, -0.2) is 0 Å². The Labute approximate surface area is 515 Å². The van der Waals surface area contributed by atoms with Gasteiger partial charge in [0.2, 0.25) is 0 Å². The summed E-state index contributed by atoms with van der Waals surface area (Å²) in [6, 6.07) is 86.6. The molecule has 0 amide bonds. The third kappa shape index (κ3) is 11.0. The fourth-order valence-electron chi connectivity index (χ4n) is 12.0. The van der Waals surface area contributed by atoms with E-state index in [1.54, 1.807) is 0 Å². The summed E-state index contributed by atoms with van der Waals surface area (Å²) in [5.41, 5.74) is 21.6. The van der Waals surface area contributed by atoms with E-state index in [9.17, 15) is 0 Å². The molecular formula is C80H74Br2N2. The van der Waals surface area contributed by atoms with Crippen LogP contribution in [0.15, 0.2) is 239 Å². The molecular weight excluding hydrogens is 1150 g/mol. The van der Waals surface area contributed by atoms with Crippen molar-refractivity contribution < 1.29 is 0 Å². The van der Waals surface area contributed by atoms with Gasteiger partial charge in [0.25, 0.3) is 0 Å². The molecule has 0 atom stereocenters. The molecule has 0 fully saturated rings. The Bertz CT molecular complexity index is 3830. The summed E-state index contributed by atoms with van der Waals surface area (Å²) in [6.07, 6.45) is 0. The molecule has 0 aromatic heterocycles. The number of nitrogens with zero attached hydrogens (tertiary/aromatic N) is 2. The highest BCUT2D eigenvalue weighted by Gasteiger charge is 2.26. The largest absolute Gasteiger partial charge is 0.310 e. The molecule has 0 heterocycles. The lowest BCUT2D eigenvalue weighted by Crippen LogP contribution is -2.12. The molecule has 0 spiro atoms. The third-order valence-electron chi connectivity index (χ3n) is 17.1. The lowest BCUT2D eigenvalue weighted by Gasteiger charge is -2.30. The fraction of sp³-hybridized carbons (Fsp3) is 0.200. The minimum atomic E-state index is 0.0827. The molecule has 0 N–H and O–H groups in total. The Morgan fingerprint density at radius 3 is 0.595 bits per heavy atom. The predicted octanol–water partition coefficient (Wildman–Crippen LogP) is 24.9. The third-order valence-corrected chi connectivity index (χ3v) is 18.4. The second kappa shape index (κ2) is 21.7. The number of anilines is 6. The van der Waals surface area contributed by atoms with Gasteiger partial charge in [0, 0.05) is 53.2 Å². The van der Waals surface area contributed by atoms with E-state index < -0.39 is 0 Å². The summed E-state index contributed by atoms with van der Waals surface area (Å²) in [7, 11) is 0. The van der Waals surface area contributed by atoms with E-state index in [0.29, 0.717) is 0 Å². The zero-order valence-corrected chi connectivity index (χ0v) is 53.8. The van der Waals surface area contributed by atoms with E-state index in [0.717, 1.165) is 64.6 Å². The maximum absolute atomic E-state index is 4.20. The maximum atomic E-state index is 4.20. The van der Waals surface area contributed by atoms with Crippen molar-refractivity contribution in [2.24, 2.45) is 0 Å². The first-order chi connectivity index (χ1) is 40.0. The van der Waals surface area contributed by atoms with Crippen molar-refractivity contribution in [2.75, 3.05) is 9.80 Å². The van der Waals surface area contributed by atoms with Crippen molar-refractivity contribution in [2.45, 2.75) is 105 Å².